The lowest BCUT2D eigenvalue weighted by molar-refractivity contribution is -0.135. The number of carbonyl (C=O) groups is 3. The van der Waals surface area contributed by atoms with Gasteiger partial charge in [0.2, 0.25) is 11.8 Å². The first-order chi connectivity index (χ1) is 8.88. The molecule has 0 bridgehead atoms. The summed E-state index contributed by atoms with van der Waals surface area (Å²) < 4.78 is 0. The second-order valence-electron chi connectivity index (χ2n) is 4.91. The van der Waals surface area contributed by atoms with Gasteiger partial charge in [0.25, 0.3) is 5.91 Å². The van der Waals surface area contributed by atoms with Gasteiger partial charge in [0.15, 0.2) is 0 Å². The molecule has 1 aliphatic heterocycles. The van der Waals surface area contributed by atoms with Crippen molar-refractivity contribution < 1.29 is 14.4 Å². The Morgan fingerprint density at radius 1 is 1.05 bits per heavy atom. The van der Waals surface area contributed by atoms with Gasteiger partial charge in [-0.05, 0) is 31.9 Å². The van der Waals surface area contributed by atoms with Crippen LogP contribution in [0.15, 0.2) is 12.1 Å². The Morgan fingerprint density at radius 3 is 2.00 bits per heavy atom. The molecule has 100 valence electrons. The first-order valence-electron chi connectivity index (χ1n) is 6.08. The van der Waals surface area contributed by atoms with Gasteiger partial charge in [-0.3, -0.25) is 19.7 Å². The molecule has 0 aromatic heterocycles. The van der Waals surface area contributed by atoms with E-state index >= 15 is 0 Å². The molecular formula is C14H16N2O3. The number of imide groups is 1. The SMILES string of the molecule is Cc1cc(C)c(C(=O)N2CC(=O)NC(=O)C2)c(C)c1. The van der Waals surface area contributed by atoms with Crippen LogP contribution in [0.1, 0.15) is 27.0 Å². The molecule has 19 heavy (non-hydrogen) atoms. The number of carbonyl (C=O) groups excluding carboxylic acids is 3. The molecule has 1 aliphatic rings. The predicted molar refractivity (Wildman–Crippen MR) is 69.7 cm³/mol. The number of amides is 3. The first-order valence-corrected chi connectivity index (χ1v) is 6.08. The third kappa shape index (κ3) is 2.65. The summed E-state index contributed by atoms with van der Waals surface area (Å²) in [5.41, 5.74) is 3.38. The number of benzene rings is 1. The van der Waals surface area contributed by atoms with E-state index in [1.165, 1.54) is 4.90 Å². The quantitative estimate of drug-likeness (QED) is 0.756. The van der Waals surface area contributed by atoms with Crippen molar-refractivity contribution in [3.8, 4) is 0 Å². The number of aryl methyl sites for hydroxylation is 3. The van der Waals surface area contributed by atoms with E-state index in [1.54, 1.807) is 0 Å². The molecule has 0 spiro atoms. The highest BCUT2D eigenvalue weighted by Gasteiger charge is 2.28. The van der Waals surface area contributed by atoms with E-state index in [4.69, 9.17) is 0 Å². The van der Waals surface area contributed by atoms with Gasteiger partial charge >= 0.3 is 0 Å². The van der Waals surface area contributed by atoms with Crippen LogP contribution in [0.25, 0.3) is 0 Å². The largest absolute Gasteiger partial charge is 0.320 e. The van der Waals surface area contributed by atoms with E-state index in [9.17, 15) is 14.4 Å². The summed E-state index contributed by atoms with van der Waals surface area (Å²) in [6.07, 6.45) is 0. The highest BCUT2D eigenvalue weighted by Crippen LogP contribution is 2.18. The van der Waals surface area contributed by atoms with Crippen LogP contribution >= 0.6 is 0 Å². The molecule has 1 heterocycles. The molecule has 1 fully saturated rings. The monoisotopic (exact) mass is 260 g/mol. The Labute approximate surface area is 111 Å². The van der Waals surface area contributed by atoms with Crippen molar-refractivity contribution in [3.05, 3.63) is 34.4 Å². The molecule has 1 aromatic carbocycles. The van der Waals surface area contributed by atoms with Crippen molar-refractivity contribution >= 4 is 17.7 Å². The third-order valence-electron chi connectivity index (χ3n) is 3.13. The summed E-state index contributed by atoms with van der Waals surface area (Å²) in [7, 11) is 0. The van der Waals surface area contributed by atoms with Crippen LogP contribution in [0.3, 0.4) is 0 Å². The van der Waals surface area contributed by atoms with Gasteiger partial charge in [-0.1, -0.05) is 17.7 Å². The van der Waals surface area contributed by atoms with Crippen LogP contribution in [0.5, 0.6) is 0 Å². The molecule has 0 unspecified atom stereocenters. The maximum absolute atomic E-state index is 12.4. The van der Waals surface area contributed by atoms with Crippen molar-refractivity contribution in [1.29, 1.82) is 0 Å². The second-order valence-corrected chi connectivity index (χ2v) is 4.91. The lowest BCUT2D eigenvalue weighted by Gasteiger charge is -2.26. The van der Waals surface area contributed by atoms with E-state index in [0.29, 0.717) is 5.56 Å². The van der Waals surface area contributed by atoms with Crippen molar-refractivity contribution in [1.82, 2.24) is 10.2 Å². The molecule has 0 aliphatic carbocycles. The van der Waals surface area contributed by atoms with Gasteiger partial charge in [0.1, 0.15) is 13.1 Å². The average Bonchev–Trinajstić information content (AvgIpc) is 2.25. The number of piperazine rings is 1. The summed E-state index contributed by atoms with van der Waals surface area (Å²) in [5, 5.41) is 2.18. The highest BCUT2D eigenvalue weighted by atomic mass is 16.2. The molecule has 0 atom stereocenters. The van der Waals surface area contributed by atoms with E-state index in [0.717, 1.165) is 16.7 Å². The first kappa shape index (κ1) is 13.3. The molecule has 1 N–H and O–H groups in total. The molecule has 2 rings (SSSR count). The third-order valence-corrected chi connectivity index (χ3v) is 3.13. The van der Waals surface area contributed by atoms with Crippen LogP contribution < -0.4 is 5.32 Å². The van der Waals surface area contributed by atoms with Gasteiger partial charge in [-0.2, -0.15) is 0 Å². The van der Waals surface area contributed by atoms with Gasteiger partial charge in [-0.25, -0.2) is 0 Å². The summed E-state index contributed by atoms with van der Waals surface area (Å²) >= 11 is 0. The maximum atomic E-state index is 12.4. The fourth-order valence-electron chi connectivity index (χ4n) is 2.46. The summed E-state index contributed by atoms with van der Waals surface area (Å²) in [6, 6.07) is 3.85. The fourth-order valence-corrected chi connectivity index (χ4v) is 2.46. The molecule has 3 amide bonds. The van der Waals surface area contributed by atoms with E-state index < -0.39 is 11.8 Å². The van der Waals surface area contributed by atoms with Crippen molar-refractivity contribution in [3.63, 3.8) is 0 Å². The van der Waals surface area contributed by atoms with Crippen LogP contribution in [0.4, 0.5) is 0 Å². The zero-order chi connectivity index (χ0) is 14.2. The number of nitrogens with zero attached hydrogens (tertiary/aromatic N) is 1. The minimum atomic E-state index is -0.438. The van der Waals surface area contributed by atoms with Crippen LogP contribution in [0.2, 0.25) is 0 Å². The minimum Gasteiger partial charge on any atom is -0.320 e. The highest BCUT2D eigenvalue weighted by molar-refractivity contribution is 6.06. The second kappa shape index (κ2) is 4.84. The number of hydrogen-bond acceptors (Lipinski definition) is 3. The van der Waals surface area contributed by atoms with E-state index in [2.05, 4.69) is 5.32 Å². The summed E-state index contributed by atoms with van der Waals surface area (Å²) in [5.74, 6) is -1.14. The van der Waals surface area contributed by atoms with Crippen molar-refractivity contribution in [2.75, 3.05) is 13.1 Å². The van der Waals surface area contributed by atoms with Gasteiger partial charge < -0.3 is 4.90 Å². The number of rotatable bonds is 1. The Kier molecular flexibility index (Phi) is 3.38. The maximum Gasteiger partial charge on any atom is 0.255 e. The molecule has 5 nitrogen and oxygen atoms in total. The Hall–Kier alpha value is -2.17. The molecular weight excluding hydrogens is 244 g/mol. The van der Waals surface area contributed by atoms with E-state index in [-0.39, 0.29) is 19.0 Å². The zero-order valence-electron chi connectivity index (χ0n) is 11.2. The van der Waals surface area contributed by atoms with Gasteiger partial charge in [0, 0.05) is 5.56 Å². The molecule has 1 saturated heterocycles. The summed E-state index contributed by atoms with van der Waals surface area (Å²) in [6.45, 7) is 5.54. The number of hydrogen-bond donors (Lipinski definition) is 1. The summed E-state index contributed by atoms with van der Waals surface area (Å²) in [4.78, 5) is 36.4. The standard InChI is InChI=1S/C14H16N2O3/c1-8-4-9(2)13(10(3)5-8)14(19)16-6-11(17)15-12(18)7-16/h4-5H,6-7H2,1-3H3,(H,15,17,18). The molecule has 0 saturated carbocycles. The Morgan fingerprint density at radius 2 is 1.53 bits per heavy atom. The number of nitrogens with one attached hydrogen (secondary N) is 1. The van der Waals surface area contributed by atoms with Crippen molar-refractivity contribution in [2.24, 2.45) is 0 Å². The lowest BCUT2D eigenvalue weighted by Crippen LogP contribution is -2.53. The molecule has 5 heteroatoms. The van der Waals surface area contributed by atoms with Crippen LogP contribution in [-0.2, 0) is 9.59 Å². The smallest absolute Gasteiger partial charge is 0.255 e. The Balaban J connectivity index is 2.34. The fraction of sp³-hybridized carbons (Fsp3) is 0.357. The topological polar surface area (TPSA) is 66.5 Å². The van der Waals surface area contributed by atoms with Crippen LogP contribution in [0, 0.1) is 20.8 Å². The molecule has 0 radical (unpaired) electrons. The lowest BCUT2D eigenvalue weighted by atomic mass is 9.98. The molecule has 1 aromatic rings. The zero-order valence-corrected chi connectivity index (χ0v) is 11.2. The average molecular weight is 260 g/mol. The minimum absolute atomic E-state index is 0.0721. The van der Waals surface area contributed by atoms with Gasteiger partial charge in [-0.15, -0.1) is 0 Å². The predicted octanol–water partition coefficient (Wildman–Crippen LogP) is 0.710. The Bertz CT molecular complexity index is 539. The van der Waals surface area contributed by atoms with Crippen molar-refractivity contribution in [2.45, 2.75) is 20.8 Å². The van der Waals surface area contributed by atoms with Crippen LogP contribution in [-0.4, -0.2) is 35.7 Å². The normalized spacial score (nSPS) is 15.4. The van der Waals surface area contributed by atoms with Gasteiger partial charge in [0.05, 0.1) is 0 Å². The van der Waals surface area contributed by atoms with E-state index in [1.807, 2.05) is 32.9 Å².